The molecule has 0 unspecified atom stereocenters. The van der Waals surface area contributed by atoms with Crippen molar-refractivity contribution in [1.82, 2.24) is 0 Å². The van der Waals surface area contributed by atoms with Crippen molar-refractivity contribution in [3.63, 3.8) is 0 Å². The zero-order valence-corrected chi connectivity index (χ0v) is 21.4. The number of benzene rings is 5. The molecule has 0 radical (unpaired) electrons. The van der Waals surface area contributed by atoms with Gasteiger partial charge >= 0.3 is 0 Å². The average Bonchev–Trinajstić information content (AvgIpc) is 3.37. The van der Waals surface area contributed by atoms with Crippen molar-refractivity contribution in [3.8, 4) is 22.3 Å². The molecule has 0 atom stereocenters. The Morgan fingerprint density at radius 2 is 1.14 bits per heavy atom. The second-order valence-electron chi connectivity index (χ2n) is 11.2. The van der Waals surface area contributed by atoms with Crippen LogP contribution in [0.1, 0.15) is 43.9 Å². The van der Waals surface area contributed by atoms with E-state index in [9.17, 15) is 0 Å². The Hall–Kier alpha value is -3.90. The summed E-state index contributed by atoms with van der Waals surface area (Å²) in [7, 11) is 0. The number of aryl methyl sites for hydroxylation is 1. The molecule has 174 valence electrons. The monoisotopic (exact) mass is 462 g/mol. The first-order valence-corrected chi connectivity index (χ1v) is 13.0. The van der Waals surface area contributed by atoms with Crippen molar-refractivity contribution in [2.24, 2.45) is 0 Å². The predicted octanol–water partition coefficient (Wildman–Crippen LogP) is 10.0. The van der Waals surface area contributed by atoms with Gasteiger partial charge in [0.15, 0.2) is 0 Å². The molecule has 36 heavy (non-hydrogen) atoms. The fourth-order valence-electron chi connectivity index (χ4n) is 6.65. The van der Waals surface area contributed by atoms with Gasteiger partial charge in [0.2, 0.25) is 0 Å². The third-order valence-electron chi connectivity index (χ3n) is 8.42. The van der Waals surface area contributed by atoms with Gasteiger partial charge in [-0.2, -0.15) is 0 Å². The lowest BCUT2D eigenvalue weighted by molar-refractivity contribution is 0.655. The normalized spacial score (nSPS) is 15.9. The van der Waals surface area contributed by atoms with Gasteiger partial charge in [0.25, 0.3) is 0 Å². The van der Waals surface area contributed by atoms with Gasteiger partial charge in [-0.05, 0) is 92.4 Å². The maximum absolute atomic E-state index is 2.48. The summed E-state index contributed by atoms with van der Waals surface area (Å²) in [6.45, 7) is 9.20. The molecule has 0 saturated heterocycles. The van der Waals surface area contributed by atoms with Crippen LogP contribution in [0.4, 0.5) is 0 Å². The summed E-state index contributed by atoms with van der Waals surface area (Å²) in [5.74, 6) is 0. The van der Waals surface area contributed by atoms with E-state index in [1.807, 2.05) is 0 Å². The first kappa shape index (κ1) is 21.4. The minimum Gasteiger partial charge on any atom is -0.0686 e. The van der Waals surface area contributed by atoms with E-state index in [0.717, 1.165) is 6.42 Å². The Balaban J connectivity index is 1.53. The van der Waals surface area contributed by atoms with Crippen LogP contribution in [0.2, 0.25) is 0 Å². The molecule has 0 heterocycles. The van der Waals surface area contributed by atoms with Crippen LogP contribution < -0.4 is 0 Å². The van der Waals surface area contributed by atoms with Crippen molar-refractivity contribution >= 4 is 27.1 Å². The second kappa shape index (κ2) is 7.55. The number of allylic oxidation sites excluding steroid dienone is 4. The molecule has 0 N–H and O–H groups in total. The van der Waals surface area contributed by atoms with E-state index in [-0.39, 0.29) is 5.41 Å². The van der Waals surface area contributed by atoms with Crippen LogP contribution in [-0.4, -0.2) is 0 Å². The van der Waals surface area contributed by atoms with Crippen molar-refractivity contribution < 1.29 is 0 Å². The molecule has 5 aromatic carbocycles. The molecule has 2 aliphatic rings. The standard InChI is InChI=1S/C36H30/c1-22-13-15-24(16-14-22)34-27-9-5-7-11-29(27)35(30-12-8-6-10-28(30)34)25-17-18-26-31-19-23(2)20-32(31)36(3,4)33(26)21-25/h5-18,20-21H,19H2,1-4H3. The summed E-state index contributed by atoms with van der Waals surface area (Å²) in [5, 5.41) is 5.26. The first-order chi connectivity index (χ1) is 17.4. The van der Waals surface area contributed by atoms with Crippen molar-refractivity contribution in [2.75, 3.05) is 0 Å². The largest absolute Gasteiger partial charge is 0.0686 e. The van der Waals surface area contributed by atoms with Crippen molar-refractivity contribution in [2.45, 2.75) is 39.5 Å². The Morgan fingerprint density at radius 3 is 1.72 bits per heavy atom. The molecule has 0 amide bonds. The summed E-state index contributed by atoms with van der Waals surface area (Å²) in [6.07, 6.45) is 3.51. The Labute approximate surface area is 213 Å². The van der Waals surface area contributed by atoms with Gasteiger partial charge in [-0.3, -0.25) is 0 Å². The third-order valence-corrected chi connectivity index (χ3v) is 8.42. The van der Waals surface area contributed by atoms with Gasteiger partial charge < -0.3 is 0 Å². The second-order valence-corrected chi connectivity index (χ2v) is 11.2. The average molecular weight is 463 g/mol. The molecule has 0 aromatic heterocycles. The minimum absolute atomic E-state index is 0.0336. The summed E-state index contributed by atoms with van der Waals surface area (Å²) in [6, 6.07) is 34.1. The molecule has 7 rings (SSSR count). The van der Waals surface area contributed by atoms with Crippen LogP contribution in [0.3, 0.4) is 0 Å². The van der Waals surface area contributed by atoms with Crippen LogP contribution in [-0.2, 0) is 5.41 Å². The highest BCUT2D eigenvalue weighted by molar-refractivity contribution is 6.21. The topological polar surface area (TPSA) is 0 Å². The van der Waals surface area contributed by atoms with E-state index in [1.165, 1.54) is 77.2 Å². The zero-order valence-electron chi connectivity index (χ0n) is 21.4. The number of hydrogen-bond donors (Lipinski definition) is 0. The van der Waals surface area contributed by atoms with Crippen LogP contribution in [0, 0.1) is 6.92 Å². The first-order valence-electron chi connectivity index (χ1n) is 13.0. The Morgan fingerprint density at radius 1 is 0.611 bits per heavy atom. The van der Waals surface area contributed by atoms with Gasteiger partial charge in [0.1, 0.15) is 0 Å². The molecule has 0 spiro atoms. The van der Waals surface area contributed by atoms with E-state index in [4.69, 9.17) is 0 Å². The fraction of sp³-hybridized carbons (Fsp3) is 0.167. The smallest absolute Gasteiger partial charge is 0.0155 e. The molecular weight excluding hydrogens is 432 g/mol. The molecule has 0 nitrogen and oxygen atoms in total. The van der Waals surface area contributed by atoms with Crippen LogP contribution in [0.5, 0.6) is 0 Å². The van der Waals surface area contributed by atoms with Gasteiger partial charge in [0.05, 0.1) is 0 Å². The molecule has 0 heteroatoms. The van der Waals surface area contributed by atoms with E-state index < -0.39 is 0 Å². The van der Waals surface area contributed by atoms with Crippen LogP contribution in [0.15, 0.2) is 108 Å². The zero-order chi connectivity index (χ0) is 24.6. The molecule has 0 fully saturated rings. The van der Waals surface area contributed by atoms with Gasteiger partial charge in [-0.15, -0.1) is 0 Å². The maximum atomic E-state index is 2.48. The van der Waals surface area contributed by atoms with E-state index in [1.54, 1.807) is 0 Å². The lowest BCUT2D eigenvalue weighted by Gasteiger charge is -2.24. The maximum Gasteiger partial charge on any atom is 0.0155 e. The number of rotatable bonds is 2. The predicted molar refractivity (Wildman–Crippen MR) is 155 cm³/mol. The van der Waals surface area contributed by atoms with Gasteiger partial charge in [-0.1, -0.05) is 116 Å². The summed E-state index contributed by atoms with van der Waals surface area (Å²) >= 11 is 0. The van der Waals surface area contributed by atoms with Crippen molar-refractivity contribution in [3.05, 3.63) is 125 Å². The quantitative estimate of drug-likeness (QED) is 0.229. The lowest BCUT2D eigenvalue weighted by atomic mass is 9.79. The van der Waals surface area contributed by atoms with Crippen LogP contribution in [0.25, 0.3) is 49.4 Å². The fourth-order valence-corrected chi connectivity index (χ4v) is 6.65. The van der Waals surface area contributed by atoms with Crippen LogP contribution >= 0.6 is 0 Å². The molecule has 0 saturated carbocycles. The summed E-state index contributed by atoms with van der Waals surface area (Å²) in [5.41, 5.74) is 14.0. The van der Waals surface area contributed by atoms with Gasteiger partial charge in [-0.25, -0.2) is 0 Å². The van der Waals surface area contributed by atoms with E-state index in [0.29, 0.717) is 0 Å². The summed E-state index contributed by atoms with van der Waals surface area (Å²) in [4.78, 5) is 0. The summed E-state index contributed by atoms with van der Waals surface area (Å²) < 4.78 is 0. The van der Waals surface area contributed by atoms with Crippen molar-refractivity contribution in [1.29, 1.82) is 0 Å². The van der Waals surface area contributed by atoms with Gasteiger partial charge in [0, 0.05) is 5.41 Å². The molecular formula is C36H30. The Kier molecular flexibility index (Phi) is 4.48. The number of hydrogen-bond acceptors (Lipinski definition) is 0. The highest BCUT2D eigenvalue weighted by Gasteiger charge is 2.39. The number of fused-ring (bicyclic) bond motifs is 4. The SMILES string of the molecule is CC1=CC2=C(C1)c1ccc(-c3c4ccccc4c(-c4ccc(C)cc4)c4ccccc34)cc1C2(C)C. The highest BCUT2D eigenvalue weighted by Crippen LogP contribution is 2.53. The molecule has 5 aromatic rings. The molecule has 0 bridgehead atoms. The van der Waals surface area contributed by atoms with E-state index >= 15 is 0 Å². The van der Waals surface area contributed by atoms with E-state index in [2.05, 4.69) is 125 Å². The minimum atomic E-state index is 0.0336. The third kappa shape index (κ3) is 2.94. The highest BCUT2D eigenvalue weighted by atomic mass is 14.4. The molecule has 2 aliphatic carbocycles. The lowest BCUT2D eigenvalue weighted by Crippen LogP contribution is -2.16. The molecule has 0 aliphatic heterocycles. The Bertz CT molecular complexity index is 1710.